The Morgan fingerprint density at radius 3 is 2.96 bits per heavy atom. The van der Waals surface area contributed by atoms with Gasteiger partial charge in [0.2, 0.25) is 5.89 Å². The Morgan fingerprint density at radius 1 is 1.38 bits per heavy atom. The van der Waals surface area contributed by atoms with Crippen LogP contribution >= 0.6 is 0 Å². The number of nitrogens with zero attached hydrogens (tertiary/aromatic N) is 3. The number of alkyl halides is 1. The van der Waals surface area contributed by atoms with Crippen LogP contribution in [0.15, 0.2) is 40.9 Å². The van der Waals surface area contributed by atoms with Crippen molar-refractivity contribution < 1.29 is 8.91 Å². The zero-order valence-corrected chi connectivity index (χ0v) is 13.9. The highest BCUT2D eigenvalue weighted by molar-refractivity contribution is 5.48. The maximum Gasteiger partial charge on any atom is 0.223 e. The standard InChI is InChI=1S/C18H23FN4O/c1-14-21-18(22-24-14)13-23-12-16(19)10-17(23)11-20-9-5-8-15-6-3-2-4-7-15/h2-8,16-17,20H,9-13H2,1H3/b8-5+/t16-,17-/m0/s1. The van der Waals surface area contributed by atoms with E-state index in [-0.39, 0.29) is 6.04 Å². The lowest BCUT2D eigenvalue weighted by atomic mass is 10.2. The first-order chi connectivity index (χ1) is 11.7. The average Bonchev–Trinajstić information content (AvgIpc) is 3.14. The van der Waals surface area contributed by atoms with Gasteiger partial charge in [0.05, 0.1) is 6.54 Å². The van der Waals surface area contributed by atoms with Gasteiger partial charge in [0.1, 0.15) is 6.17 Å². The largest absolute Gasteiger partial charge is 0.340 e. The topological polar surface area (TPSA) is 54.2 Å². The number of halogens is 1. The van der Waals surface area contributed by atoms with E-state index in [4.69, 9.17) is 4.52 Å². The Bertz CT molecular complexity index is 658. The van der Waals surface area contributed by atoms with Crippen molar-refractivity contribution in [3.63, 3.8) is 0 Å². The summed E-state index contributed by atoms with van der Waals surface area (Å²) in [5.41, 5.74) is 1.18. The fraction of sp³-hybridized carbons (Fsp3) is 0.444. The lowest BCUT2D eigenvalue weighted by Crippen LogP contribution is -2.37. The molecule has 1 aliphatic rings. The van der Waals surface area contributed by atoms with Gasteiger partial charge in [0.25, 0.3) is 0 Å². The van der Waals surface area contributed by atoms with Gasteiger partial charge < -0.3 is 9.84 Å². The first-order valence-corrected chi connectivity index (χ1v) is 8.30. The van der Waals surface area contributed by atoms with Crippen LogP contribution in [-0.4, -0.2) is 46.9 Å². The van der Waals surface area contributed by atoms with Gasteiger partial charge in [0, 0.05) is 32.6 Å². The molecule has 0 saturated carbocycles. The number of nitrogens with one attached hydrogen (secondary N) is 1. The van der Waals surface area contributed by atoms with Crippen LogP contribution in [0.3, 0.4) is 0 Å². The van der Waals surface area contributed by atoms with Crippen LogP contribution in [0.1, 0.15) is 23.7 Å². The normalized spacial score (nSPS) is 21.8. The minimum absolute atomic E-state index is 0.156. The van der Waals surface area contributed by atoms with E-state index in [1.807, 2.05) is 18.2 Å². The molecule has 1 aromatic heterocycles. The Balaban J connectivity index is 1.45. The van der Waals surface area contributed by atoms with Crippen molar-refractivity contribution in [3.05, 3.63) is 53.7 Å². The van der Waals surface area contributed by atoms with Crippen LogP contribution in [0, 0.1) is 6.92 Å². The summed E-state index contributed by atoms with van der Waals surface area (Å²) < 4.78 is 18.8. The van der Waals surface area contributed by atoms with Crippen molar-refractivity contribution in [2.24, 2.45) is 0 Å². The lowest BCUT2D eigenvalue weighted by molar-refractivity contribution is 0.223. The SMILES string of the molecule is Cc1nc(CN2C[C@@H](F)C[C@H]2CNC/C=C/c2ccccc2)no1. The fourth-order valence-corrected chi connectivity index (χ4v) is 3.01. The van der Waals surface area contributed by atoms with E-state index in [9.17, 15) is 4.39 Å². The van der Waals surface area contributed by atoms with E-state index in [0.717, 1.165) is 13.1 Å². The molecule has 2 heterocycles. The summed E-state index contributed by atoms with van der Waals surface area (Å²) in [4.78, 5) is 6.29. The van der Waals surface area contributed by atoms with E-state index in [1.165, 1.54) is 5.56 Å². The van der Waals surface area contributed by atoms with Crippen LogP contribution in [0.5, 0.6) is 0 Å². The molecular weight excluding hydrogens is 307 g/mol. The van der Waals surface area contributed by atoms with Crippen LogP contribution in [-0.2, 0) is 6.54 Å². The highest BCUT2D eigenvalue weighted by Crippen LogP contribution is 2.21. The Morgan fingerprint density at radius 2 is 2.21 bits per heavy atom. The molecule has 5 nitrogen and oxygen atoms in total. The summed E-state index contributed by atoms with van der Waals surface area (Å²) in [6.45, 7) is 4.23. The molecular formula is C18H23FN4O. The number of likely N-dealkylation sites (tertiary alicyclic amines) is 1. The summed E-state index contributed by atoms with van der Waals surface area (Å²) in [5, 5.41) is 7.28. The molecule has 1 saturated heterocycles. The second-order valence-electron chi connectivity index (χ2n) is 6.12. The molecule has 1 aromatic carbocycles. The molecule has 6 heteroatoms. The van der Waals surface area contributed by atoms with Crippen molar-refractivity contribution in [1.82, 2.24) is 20.4 Å². The molecule has 0 unspecified atom stereocenters. The van der Waals surface area contributed by atoms with Gasteiger partial charge in [-0.05, 0) is 12.0 Å². The molecule has 0 radical (unpaired) electrons. The number of rotatable bonds is 7. The zero-order chi connectivity index (χ0) is 16.8. The third-order valence-electron chi connectivity index (χ3n) is 4.14. The number of hydrogen-bond acceptors (Lipinski definition) is 5. The van der Waals surface area contributed by atoms with E-state index in [1.54, 1.807) is 6.92 Å². The smallest absolute Gasteiger partial charge is 0.223 e. The van der Waals surface area contributed by atoms with Crippen LogP contribution in [0.25, 0.3) is 6.08 Å². The van der Waals surface area contributed by atoms with Crippen molar-refractivity contribution in [1.29, 1.82) is 0 Å². The minimum Gasteiger partial charge on any atom is -0.340 e. The second kappa shape index (κ2) is 8.17. The van der Waals surface area contributed by atoms with Crippen LogP contribution in [0.2, 0.25) is 0 Å². The van der Waals surface area contributed by atoms with Crippen molar-refractivity contribution >= 4 is 6.08 Å². The quantitative estimate of drug-likeness (QED) is 0.791. The Kier molecular flexibility index (Phi) is 5.72. The van der Waals surface area contributed by atoms with Crippen molar-refractivity contribution in [3.8, 4) is 0 Å². The molecule has 128 valence electrons. The third kappa shape index (κ3) is 4.72. The molecule has 1 fully saturated rings. The maximum atomic E-state index is 13.8. The second-order valence-corrected chi connectivity index (χ2v) is 6.12. The summed E-state index contributed by atoms with van der Waals surface area (Å²) in [5.74, 6) is 1.16. The molecule has 2 atom stereocenters. The lowest BCUT2D eigenvalue weighted by Gasteiger charge is -2.22. The highest BCUT2D eigenvalue weighted by atomic mass is 19.1. The van der Waals surface area contributed by atoms with Crippen molar-refractivity contribution in [2.75, 3.05) is 19.6 Å². The van der Waals surface area contributed by atoms with E-state index < -0.39 is 6.17 Å². The molecule has 0 bridgehead atoms. The van der Waals surface area contributed by atoms with Crippen LogP contribution < -0.4 is 5.32 Å². The van der Waals surface area contributed by atoms with Gasteiger partial charge in [0.15, 0.2) is 5.82 Å². The summed E-state index contributed by atoms with van der Waals surface area (Å²) in [7, 11) is 0. The number of aryl methyl sites for hydroxylation is 1. The fourth-order valence-electron chi connectivity index (χ4n) is 3.01. The molecule has 1 aliphatic heterocycles. The first kappa shape index (κ1) is 16.8. The van der Waals surface area contributed by atoms with Gasteiger partial charge in [-0.1, -0.05) is 47.6 Å². The number of aromatic nitrogens is 2. The highest BCUT2D eigenvalue weighted by Gasteiger charge is 2.32. The molecule has 2 aromatic rings. The van der Waals surface area contributed by atoms with E-state index in [0.29, 0.717) is 31.2 Å². The van der Waals surface area contributed by atoms with Gasteiger partial charge in [-0.2, -0.15) is 4.98 Å². The number of hydrogen-bond donors (Lipinski definition) is 1. The monoisotopic (exact) mass is 330 g/mol. The molecule has 0 amide bonds. The van der Waals surface area contributed by atoms with Gasteiger partial charge >= 0.3 is 0 Å². The molecule has 24 heavy (non-hydrogen) atoms. The Labute approximate surface area is 141 Å². The van der Waals surface area contributed by atoms with E-state index in [2.05, 4.69) is 44.6 Å². The molecule has 1 N–H and O–H groups in total. The average molecular weight is 330 g/mol. The van der Waals surface area contributed by atoms with Gasteiger partial charge in [-0.3, -0.25) is 4.90 Å². The predicted octanol–water partition coefficient (Wildman–Crippen LogP) is 2.59. The van der Waals surface area contributed by atoms with Crippen LogP contribution in [0.4, 0.5) is 4.39 Å². The van der Waals surface area contributed by atoms with E-state index >= 15 is 0 Å². The Hall–Kier alpha value is -2.05. The molecule has 3 rings (SSSR count). The summed E-state index contributed by atoms with van der Waals surface area (Å²) in [6, 6.07) is 10.3. The summed E-state index contributed by atoms with van der Waals surface area (Å²) >= 11 is 0. The third-order valence-corrected chi connectivity index (χ3v) is 4.14. The van der Waals surface area contributed by atoms with Crippen molar-refractivity contribution in [2.45, 2.75) is 32.1 Å². The predicted molar refractivity (Wildman–Crippen MR) is 91.1 cm³/mol. The minimum atomic E-state index is -0.787. The number of benzene rings is 1. The van der Waals surface area contributed by atoms with Gasteiger partial charge in [-0.15, -0.1) is 0 Å². The molecule has 0 spiro atoms. The van der Waals surface area contributed by atoms with Gasteiger partial charge in [-0.25, -0.2) is 4.39 Å². The first-order valence-electron chi connectivity index (χ1n) is 8.30. The summed E-state index contributed by atoms with van der Waals surface area (Å²) in [6.07, 6.45) is 3.93. The zero-order valence-electron chi connectivity index (χ0n) is 13.9. The maximum absolute atomic E-state index is 13.8. The molecule has 0 aliphatic carbocycles.